The number of urea groups is 1. The van der Waals surface area contributed by atoms with Gasteiger partial charge in [-0.25, -0.2) is 4.79 Å². The predicted molar refractivity (Wildman–Crippen MR) is 69.8 cm³/mol. The van der Waals surface area contributed by atoms with Gasteiger partial charge in [-0.05, 0) is 12.5 Å². The molecular formula is C12H19N3O3. The van der Waals surface area contributed by atoms with E-state index in [4.69, 9.17) is 4.74 Å². The van der Waals surface area contributed by atoms with E-state index in [2.05, 4.69) is 5.32 Å². The summed E-state index contributed by atoms with van der Waals surface area (Å²) in [5, 5.41) is 2.72. The van der Waals surface area contributed by atoms with E-state index >= 15 is 0 Å². The second-order valence-electron chi connectivity index (χ2n) is 4.06. The Hall–Kier alpha value is -1.82. The molecule has 0 aliphatic rings. The molecule has 0 saturated carbocycles. The topological polar surface area (TPSA) is 63.6 Å². The average molecular weight is 253 g/mol. The fraction of sp³-hybridized carbons (Fsp3) is 0.500. The first-order valence-corrected chi connectivity index (χ1v) is 5.72. The van der Waals surface area contributed by atoms with Crippen LogP contribution >= 0.6 is 0 Å². The van der Waals surface area contributed by atoms with E-state index in [1.807, 2.05) is 0 Å². The summed E-state index contributed by atoms with van der Waals surface area (Å²) in [6.45, 7) is 1.24. The lowest BCUT2D eigenvalue weighted by Crippen LogP contribution is -2.33. The molecule has 0 saturated heterocycles. The molecule has 100 valence electrons. The van der Waals surface area contributed by atoms with E-state index in [1.54, 1.807) is 38.4 Å². The molecule has 0 unspecified atom stereocenters. The number of carbonyl (C=O) groups is 1. The standard InChI is InChI=1S/C12H19N3O3/c1-14(7-4-8-18-3)12(17)13-10-5-6-11(16)15(2)9-10/h5-6,9H,4,7-8H2,1-3H3,(H,13,17). The highest BCUT2D eigenvalue weighted by Gasteiger charge is 2.08. The minimum atomic E-state index is -0.204. The average Bonchev–Trinajstić information content (AvgIpc) is 2.34. The number of ether oxygens (including phenoxy) is 1. The van der Waals surface area contributed by atoms with Crippen molar-refractivity contribution in [1.82, 2.24) is 9.47 Å². The first kappa shape index (κ1) is 14.2. The molecule has 0 aliphatic carbocycles. The van der Waals surface area contributed by atoms with Gasteiger partial charge in [0.05, 0.1) is 5.69 Å². The van der Waals surface area contributed by atoms with Crippen LogP contribution < -0.4 is 10.9 Å². The summed E-state index contributed by atoms with van der Waals surface area (Å²) in [6, 6.07) is 2.80. The van der Waals surface area contributed by atoms with Crippen molar-refractivity contribution in [2.75, 3.05) is 32.6 Å². The number of carbonyl (C=O) groups excluding carboxylic acids is 1. The molecule has 6 heteroatoms. The number of hydrogen-bond donors (Lipinski definition) is 1. The third kappa shape index (κ3) is 4.21. The molecule has 18 heavy (non-hydrogen) atoms. The summed E-state index contributed by atoms with van der Waals surface area (Å²) >= 11 is 0. The first-order chi connectivity index (χ1) is 8.54. The van der Waals surface area contributed by atoms with Crippen LogP contribution in [0.15, 0.2) is 23.1 Å². The molecule has 1 heterocycles. The van der Waals surface area contributed by atoms with E-state index in [0.717, 1.165) is 6.42 Å². The maximum Gasteiger partial charge on any atom is 0.321 e. The number of methoxy groups -OCH3 is 1. The van der Waals surface area contributed by atoms with E-state index < -0.39 is 0 Å². The molecule has 0 atom stereocenters. The number of nitrogens with one attached hydrogen (secondary N) is 1. The molecule has 1 N–H and O–H groups in total. The maximum absolute atomic E-state index is 11.8. The lowest BCUT2D eigenvalue weighted by Gasteiger charge is -2.17. The Morgan fingerprint density at radius 1 is 1.50 bits per heavy atom. The third-order valence-corrected chi connectivity index (χ3v) is 2.53. The van der Waals surface area contributed by atoms with Crippen molar-refractivity contribution >= 4 is 11.7 Å². The molecule has 0 aromatic carbocycles. The van der Waals surface area contributed by atoms with Crippen molar-refractivity contribution in [3.63, 3.8) is 0 Å². The number of anilines is 1. The molecule has 2 amide bonds. The Kier molecular flexibility index (Phi) is 5.38. The van der Waals surface area contributed by atoms with Gasteiger partial charge in [-0.3, -0.25) is 4.79 Å². The van der Waals surface area contributed by atoms with Gasteiger partial charge in [-0.15, -0.1) is 0 Å². The quantitative estimate of drug-likeness (QED) is 0.792. The van der Waals surface area contributed by atoms with Gasteiger partial charge in [0, 0.05) is 46.6 Å². The zero-order valence-electron chi connectivity index (χ0n) is 11.0. The molecular weight excluding hydrogens is 234 g/mol. The van der Waals surface area contributed by atoms with Crippen molar-refractivity contribution in [2.24, 2.45) is 7.05 Å². The van der Waals surface area contributed by atoms with Gasteiger partial charge in [0.2, 0.25) is 5.56 Å². The monoisotopic (exact) mass is 253 g/mol. The van der Waals surface area contributed by atoms with Gasteiger partial charge in [-0.2, -0.15) is 0 Å². The third-order valence-electron chi connectivity index (χ3n) is 2.53. The zero-order valence-corrected chi connectivity index (χ0v) is 11.0. The summed E-state index contributed by atoms with van der Waals surface area (Å²) < 4.78 is 6.34. The van der Waals surface area contributed by atoms with Gasteiger partial charge >= 0.3 is 6.03 Å². The van der Waals surface area contributed by atoms with Crippen molar-refractivity contribution in [3.05, 3.63) is 28.7 Å². The summed E-state index contributed by atoms with van der Waals surface area (Å²) in [6.07, 6.45) is 2.37. The normalized spacial score (nSPS) is 10.2. The van der Waals surface area contributed by atoms with Gasteiger partial charge in [0.15, 0.2) is 0 Å². The Bertz CT molecular complexity index is 456. The smallest absolute Gasteiger partial charge is 0.321 e. The van der Waals surface area contributed by atoms with Gasteiger partial charge in [0.25, 0.3) is 0 Å². The number of nitrogens with zero attached hydrogens (tertiary/aromatic N) is 2. The van der Waals surface area contributed by atoms with Crippen molar-refractivity contribution in [2.45, 2.75) is 6.42 Å². The van der Waals surface area contributed by atoms with Crippen LogP contribution in [0.5, 0.6) is 0 Å². The van der Waals surface area contributed by atoms with Crippen LogP contribution in [-0.4, -0.2) is 42.8 Å². The van der Waals surface area contributed by atoms with Crippen molar-refractivity contribution in [1.29, 1.82) is 0 Å². The lowest BCUT2D eigenvalue weighted by atomic mass is 10.4. The van der Waals surface area contributed by atoms with E-state index in [1.165, 1.54) is 10.6 Å². The van der Waals surface area contributed by atoms with E-state index in [0.29, 0.717) is 18.8 Å². The Labute approximate surface area is 106 Å². The summed E-state index contributed by atoms with van der Waals surface area (Å²) in [5.41, 5.74) is 0.488. The number of rotatable bonds is 5. The van der Waals surface area contributed by atoms with Crippen LogP contribution in [-0.2, 0) is 11.8 Å². The van der Waals surface area contributed by atoms with Gasteiger partial charge < -0.3 is 19.5 Å². The highest BCUT2D eigenvalue weighted by molar-refractivity contribution is 5.88. The molecule has 1 aromatic heterocycles. The SMILES string of the molecule is COCCCN(C)C(=O)Nc1ccc(=O)n(C)c1. The fourth-order valence-electron chi connectivity index (χ4n) is 1.43. The Morgan fingerprint density at radius 2 is 2.22 bits per heavy atom. The number of aryl methyl sites for hydroxylation is 1. The van der Waals surface area contributed by atoms with Crippen LogP contribution in [0.4, 0.5) is 10.5 Å². The van der Waals surface area contributed by atoms with Crippen LogP contribution in [0.1, 0.15) is 6.42 Å². The molecule has 0 bridgehead atoms. The van der Waals surface area contributed by atoms with Gasteiger partial charge in [0.1, 0.15) is 0 Å². The molecule has 0 spiro atoms. The fourth-order valence-corrected chi connectivity index (χ4v) is 1.43. The van der Waals surface area contributed by atoms with Crippen molar-refractivity contribution in [3.8, 4) is 0 Å². The summed E-state index contributed by atoms with van der Waals surface area (Å²) in [5.74, 6) is 0. The number of hydrogen-bond acceptors (Lipinski definition) is 3. The summed E-state index contributed by atoms with van der Waals surface area (Å²) in [7, 11) is 4.98. The lowest BCUT2D eigenvalue weighted by molar-refractivity contribution is 0.179. The van der Waals surface area contributed by atoms with Crippen LogP contribution in [0.25, 0.3) is 0 Å². The van der Waals surface area contributed by atoms with Crippen molar-refractivity contribution < 1.29 is 9.53 Å². The van der Waals surface area contributed by atoms with E-state index in [9.17, 15) is 9.59 Å². The molecule has 1 aromatic rings. The molecule has 1 rings (SSSR count). The Morgan fingerprint density at radius 3 is 2.83 bits per heavy atom. The summed E-state index contributed by atoms with van der Waals surface area (Å²) in [4.78, 5) is 24.6. The zero-order chi connectivity index (χ0) is 13.5. The number of aromatic nitrogens is 1. The van der Waals surface area contributed by atoms with E-state index in [-0.39, 0.29) is 11.6 Å². The largest absolute Gasteiger partial charge is 0.385 e. The minimum Gasteiger partial charge on any atom is -0.385 e. The molecule has 0 radical (unpaired) electrons. The first-order valence-electron chi connectivity index (χ1n) is 5.72. The second kappa shape index (κ2) is 6.80. The minimum absolute atomic E-state index is 0.110. The predicted octanol–water partition coefficient (Wildman–Crippen LogP) is 0.885. The molecule has 0 aliphatic heterocycles. The van der Waals surface area contributed by atoms with Gasteiger partial charge in [-0.1, -0.05) is 0 Å². The maximum atomic E-state index is 11.8. The molecule has 6 nitrogen and oxygen atoms in total. The van der Waals surface area contributed by atoms with Crippen LogP contribution in [0, 0.1) is 0 Å². The highest BCUT2D eigenvalue weighted by atomic mass is 16.5. The molecule has 0 fully saturated rings. The Balaban J connectivity index is 2.53. The second-order valence-corrected chi connectivity index (χ2v) is 4.06. The van der Waals surface area contributed by atoms with Crippen LogP contribution in [0.3, 0.4) is 0 Å². The number of amides is 2. The van der Waals surface area contributed by atoms with Crippen LogP contribution in [0.2, 0.25) is 0 Å². The highest BCUT2D eigenvalue weighted by Crippen LogP contribution is 2.04. The number of pyridine rings is 1.